The molecule has 4 N–H and O–H groups in total. The molecule has 0 radical (unpaired) electrons. The van der Waals surface area contributed by atoms with Gasteiger partial charge in [-0.1, -0.05) is 30.3 Å². The topological polar surface area (TPSA) is 58.3 Å². The van der Waals surface area contributed by atoms with Crippen molar-refractivity contribution in [1.82, 2.24) is 5.32 Å². The first-order valence-corrected chi connectivity index (χ1v) is 5.34. The van der Waals surface area contributed by atoms with Gasteiger partial charge in [0.1, 0.15) is 6.23 Å². The van der Waals surface area contributed by atoms with Gasteiger partial charge in [0, 0.05) is 12.2 Å². The lowest BCUT2D eigenvalue weighted by Crippen LogP contribution is -2.35. The van der Waals surface area contributed by atoms with Crippen molar-refractivity contribution >= 4 is 5.57 Å². The highest BCUT2D eigenvalue weighted by Crippen LogP contribution is 2.25. The van der Waals surface area contributed by atoms with Crippen molar-refractivity contribution in [3.63, 3.8) is 0 Å². The van der Waals surface area contributed by atoms with Crippen LogP contribution in [0.5, 0.6) is 0 Å². The molecule has 1 heterocycles. The van der Waals surface area contributed by atoms with Gasteiger partial charge in [-0.05, 0) is 29.7 Å². The predicted octanol–water partition coefficient (Wildman–Crippen LogP) is 1.22. The van der Waals surface area contributed by atoms with E-state index in [-0.39, 0.29) is 0 Å². The molecule has 1 aromatic rings. The van der Waals surface area contributed by atoms with Crippen LogP contribution in [0, 0.1) is 0 Å². The van der Waals surface area contributed by atoms with Gasteiger partial charge in [-0.2, -0.15) is 0 Å². The molecule has 0 amide bonds. The van der Waals surface area contributed by atoms with E-state index >= 15 is 0 Å². The van der Waals surface area contributed by atoms with Crippen LogP contribution in [0.15, 0.2) is 47.7 Å². The second kappa shape index (κ2) is 4.51. The molecule has 0 bridgehead atoms. The number of nitrogens with one attached hydrogen (secondary N) is 1. The van der Waals surface area contributed by atoms with Gasteiger partial charge in [0.15, 0.2) is 0 Å². The second-order valence-corrected chi connectivity index (χ2v) is 3.88. The van der Waals surface area contributed by atoms with Crippen molar-refractivity contribution in [2.24, 2.45) is 5.73 Å². The SMILES string of the molecule is CC1=CC(c2ccccc2)=C(CN)C(O)N1. The summed E-state index contributed by atoms with van der Waals surface area (Å²) in [5.41, 5.74) is 9.56. The van der Waals surface area contributed by atoms with Crippen molar-refractivity contribution in [3.8, 4) is 0 Å². The summed E-state index contributed by atoms with van der Waals surface area (Å²) in [7, 11) is 0. The molecule has 84 valence electrons. The minimum absolute atomic E-state index is 0.349. The summed E-state index contributed by atoms with van der Waals surface area (Å²) < 4.78 is 0. The molecule has 0 aliphatic carbocycles. The third-order valence-corrected chi connectivity index (χ3v) is 2.71. The van der Waals surface area contributed by atoms with Crippen LogP contribution in [0.4, 0.5) is 0 Å². The summed E-state index contributed by atoms with van der Waals surface area (Å²) in [6.45, 7) is 2.28. The number of hydrogen-bond donors (Lipinski definition) is 3. The van der Waals surface area contributed by atoms with Gasteiger partial charge >= 0.3 is 0 Å². The Kier molecular flexibility index (Phi) is 3.08. The molecule has 1 aliphatic rings. The number of rotatable bonds is 2. The quantitative estimate of drug-likeness (QED) is 0.696. The third kappa shape index (κ3) is 2.01. The van der Waals surface area contributed by atoms with E-state index in [1.54, 1.807) is 0 Å². The minimum Gasteiger partial charge on any atom is -0.370 e. The zero-order valence-electron chi connectivity index (χ0n) is 9.27. The molecule has 0 aromatic heterocycles. The first kappa shape index (κ1) is 10.9. The number of benzene rings is 1. The molecule has 1 unspecified atom stereocenters. The summed E-state index contributed by atoms with van der Waals surface area (Å²) in [5, 5.41) is 12.8. The van der Waals surface area contributed by atoms with E-state index in [2.05, 4.69) is 5.32 Å². The number of allylic oxidation sites excluding steroid dienone is 3. The van der Waals surface area contributed by atoms with Gasteiger partial charge < -0.3 is 16.2 Å². The highest BCUT2D eigenvalue weighted by atomic mass is 16.3. The van der Waals surface area contributed by atoms with Crippen LogP contribution in [0.2, 0.25) is 0 Å². The van der Waals surface area contributed by atoms with Crippen LogP contribution in [0.25, 0.3) is 5.57 Å². The van der Waals surface area contributed by atoms with Gasteiger partial charge in [0.05, 0.1) is 0 Å². The van der Waals surface area contributed by atoms with E-state index in [0.29, 0.717) is 6.54 Å². The van der Waals surface area contributed by atoms with E-state index in [1.165, 1.54) is 0 Å². The number of dihydropyridines is 1. The summed E-state index contributed by atoms with van der Waals surface area (Å²) in [6, 6.07) is 9.97. The first-order chi connectivity index (χ1) is 7.72. The van der Waals surface area contributed by atoms with E-state index < -0.39 is 6.23 Å². The Labute approximate surface area is 95.3 Å². The Bertz CT molecular complexity index is 435. The molecule has 0 fully saturated rings. The molecular weight excluding hydrogens is 200 g/mol. The van der Waals surface area contributed by atoms with Gasteiger partial charge in [-0.15, -0.1) is 0 Å². The second-order valence-electron chi connectivity index (χ2n) is 3.88. The average Bonchev–Trinajstić information content (AvgIpc) is 2.29. The Morgan fingerprint density at radius 3 is 2.62 bits per heavy atom. The maximum Gasteiger partial charge on any atom is 0.148 e. The molecule has 1 atom stereocenters. The molecule has 3 nitrogen and oxygen atoms in total. The van der Waals surface area contributed by atoms with Gasteiger partial charge in [-0.3, -0.25) is 0 Å². The summed E-state index contributed by atoms with van der Waals surface area (Å²) in [5.74, 6) is 0. The Hall–Kier alpha value is -1.58. The van der Waals surface area contributed by atoms with Crippen LogP contribution in [0.1, 0.15) is 12.5 Å². The Balaban J connectivity index is 2.51. The number of hydrogen-bond acceptors (Lipinski definition) is 3. The molecule has 0 saturated carbocycles. The van der Waals surface area contributed by atoms with Gasteiger partial charge in [-0.25, -0.2) is 0 Å². The van der Waals surface area contributed by atoms with E-state index in [0.717, 1.165) is 22.4 Å². The van der Waals surface area contributed by atoms with Gasteiger partial charge in [0.2, 0.25) is 0 Å². The van der Waals surface area contributed by atoms with Crippen molar-refractivity contribution in [3.05, 3.63) is 53.2 Å². The lowest BCUT2D eigenvalue weighted by Gasteiger charge is -2.25. The van der Waals surface area contributed by atoms with Crippen molar-refractivity contribution < 1.29 is 5.11 Å². The summed E-state index contributed by atoms with van der Waals surface area (Å²) in [6.07, 6.45) is 1.34. The lowest BCUT2D eigenvalue weighted by atomic mass is 9.95. The highest BCUT2D eigenvalue weighted by molar-refractivity contribution is 5.79. The monoisotopic (exact) mass is 216 g/mol. The lowest BCUT2D eigenvalue weighted by molar-refractivity contribution is 0.183. The molecule has 0 spiro atoms. The van der Waals surface area contributed by atoms with Crippen LogP contribution in [0.3, 0.4) is 0 Å². The van der Waals surface area contributed by atoms with E-state index in [4.69, 9.17) is 5.73 Å². The fourth-order valence-electron chi connectivity index (χ4n) is 1.91. The Morgan fingerprint density at radius 1 is 1.31 bits per heavy atom. The molecular formula is C13H16N2O. The van der Waals surface area contributed by atoms with E-state index in [9.17, 15) is 5.11 Å². The molecule has 1 aliphatic heterocycles. The van der Waals surface area contributed by atoms with Crippen LogP contribution in [-0.2, 0) is 0 Å². The van der Waals surface area contributed by atoms with Crippen molar-refractivity contribution in [2.45, 2.75) is 13.2 Å². The Morgan fingerprint density at radius 2 is 2.00 bits per heavy atom. The molecule has 0 saturated heterocycles. The predicted molar refractivity (Wildman–Crippen MR) is 65.3 cm³/mol. The molecule has 3 heteroatoms. The van der Waals surface area contributed by atoms with E-state index in [1.807, 2.05) is 43.3 Å². The van der Waals surface area contributed by atoms with Crippen LogP contribution < -0.4 is 11.1 Å². The normalized spacial score (nSPS) is 20.4. The smallest absolute Gasteiger partial charge is 0.148 e. The van der Waals surface area contributed by atoms with Crippen molar-refractivity contribution in [2.75, 3.05) is 6.54 Å². The first-order valence-electron chi connectivity index (χ1n) is 5.34. The number of aliphatic hydroxyl groups excluding tert-OH is 1. The number of nitrogens with two attached hydrogens (primary N) is 1. The highest BCUT2D eigenvalue weighted by Gasteiger charge is 2.18. The minimum atomic E-state index is -0.676. The van der Waals surface area contributed by atoms with Crippen LogP contribution in [-0.4, -0.2) is 17.9 Å². The van der Waals surface area contributed by atoms with Gasteiger partial charge in [0.25, 0.3) is 0 Å². The zero-order valence-corrected chi connectivity index (χ0v) is 9.27. The largest absolute Gasteiger partial charge is 0.370 e. The summed E-state index contributed by atoms with van der Waals surface area (Å²) in [4.78, 5) is 0. The van der Waals surface area contributed by atoms with Crippen LogP contribution >= 0.6 is 0 Å². The fourth-order valence-corrected chi connectivity index (χ4v) is 1.91. The number of aliphatic hydroxyl groups is 1. The standard InChI is InChI=1S/C13H16N2O/c1-9-7-11(10-5-3-2-4-6-10)12(8-14)13(16)15-9/h2-7,13,15-16H,8,14H2,1H3. The fraction of sp³-hybridized carbons (Fsp3) is 0.231. The average molecular weight is 216 g/mol. The van der Waals surface area contributed by atoms with Crippen molar-refractivity contribution in [1.29, 1.82) is 0 Å². The molecule has 16 heavy (non-hydrogen) atoms. The molecule has 1 aromatic carbocycles. The third-order valence-electron chi connectivity index (χ3n) is 2.71. The summed E-state index contributed by atoms with van der Waals surface area (Å²) >= 11 is 0. The maximum atomic E-state index is 9.88. The maximum absolute atomic E-state index is 9.88. The molecule has 2 rings (SSSR count). The zero-order chi connectivity index (χ0) is 11.5.